The normalized spacial score (nSPS) is 22.6. The summed E-state index contributed by atoms with van der Waals surface area (Å²) < 4.78 is 0. The Morgan fingerprint density at radius 2 is 1.65 bits per heavy atom. The number of piperidine rings is 1. The molecule has 3 aliphatic heterocycles. The molecule has 6 rings (SSSR count). The number of anilines is 1. The molecule has 3 heterocycles. The van der Waals surface area contributed by atoms with Crippen LogP contribution in [-0.2, 0) is 22.6 Å². The van der Waals surface area contributed by atoms with Crippen molar-refractivity contribution in [2.24, 2.45) is 0 Å². The molecule has 2 fully saturated rings. The number of amides is 3. The molecule has 0 bridgehead atoms. The van der Waals surface area contributed by atoms with Crippen LogP contribution in [0.2, 0.25) is 0 Å². The molecule has 0 saturated carbocycles. The van der Waals surface area contributed by atoms with Gasteiger partial charge in [0.2, 0.25) is 11.8 Å². The SMILES string of the molecule is [B]C1(N2C(=O)c3cccc4c(Cc5ccc(CN6CCN(C)CC6)cc5)ccc2c34)CCC(=O)NC1=O. The van der Waals surface area contributed by atoms with Crippen molar-refractivity contribution in [2.75, 3.05) is 38.1 Å². The Hall–Kier alpha value is -3.49. The summed E-state index contributed by atoms with van der Waals surface area (Å²) in [6.07, 6.45) is 0.904. The molecule has 8 heteroatoms. The maximum absolute atomic E-state index is 13.5. The monoisotopic (exact) mass is 492 g/mol. The molecular weight excluding hydrogens is 463 g/mol. The third-order valence-corrected chi connectivity index (χ3v) is 7.98. The summed E-state index contributed by atoms with van der Waals surface area (Å²) in [6.45, 7) is 5.37. The van der Waals surface area contributed by atoms with E-state index in [0.29, 0.717) is 11.3 Å². The lowest BCUT2D eigenvalue weighted by molar-refractivity contribution is -0.135. The predicted molar refractivity (Wildman–Crippen MR) is 144 cm³/mol. The van der Waals surface area contributed by atoms with E-state index < -0.39 is 11.3 Å². The molecule has 3 aromatic carbocycles. The number of likely N-dealkylation sites (N-methyl/N-ethyl adjacent to an activating group) is 1. The number of nitrogens with one attached hydrogen (secondary N) is 1. The zero-order chi connectivity index (χ0) is 25.7. The highest BCUT2D eigenvalue weighted by atomic mass is 16.2. The molecule has 37 heavy (non-hydrogen) atoms. The molecule has 0 aliphatic carbocycles. The van der Waals surface area contributed by atoms with Crippen molar-refractivity contribution in [2.45, 2.75) is 31.2 Å². The van der Waals surface area contributed by atoms with Crippen LogP contribution in [0.5, 0.6) is 0 Å². The van der Waals surface area contributed by atoms with E-state index in [1.165, 1.54) is 16.0 Å². The maximum atomic E-state index is 13.5. The minimum atomic E-state index is -1.60. The first-order valence-electron chi connectivity index (χ1n) is 12.8. The lowest BCUT2D eigenvalue weighted by Gasteiger charge is -2.40. The Morgan fingerprint density at radius 3 is 2.38 bits per heavy atom. The van der Waals surface area contributed by atoms with Crippen molar-refractivity contribution in [3.05, 3.63) is 76.9 Å². The van der Waals surface area contributed by atoms with Crippen LogP contribution in [-0.4, -0.2) is 74.0 Å². The van der Waals surface area contributed by atoms with E-state index in [9.17, 15) is 14.4 Å². The highest BCUT2D eigenvalue weighted by molar-refractivity contribution is 6.39. The molecule has 3 aliphatic rings. The highest BCUT2D eigenvalue weighted by Gasteiger charge is 2.49. The van der Waals surface area contributed by atoms with Gasteiger partial charge in [0.25, 0.3) is 5.91 Å². The second-order valence-corrected chi connectivity index (χ2v) is 10.5. The van der Waals surface area contributed by atoms with Crippen LogP contribution in [0.4, 0.5) is 5.69 Å². The van der Waals surface area contributed by atoms with Gasteiger partial charge in [0.05, 0.1) is 11.1 Å². The van der Waals surface area contributed by atoms with Gasteiger partial charge in [-0.2, -0.15) is 0 Å². The average molecular weight is 492 g/mol. The van der Waals surface area contributed by atoms with Gasteiger partial charge in [-0.25, -0.2) is 0 Å². The lowest BCUT2D eigenvalue weighted by atomic mass is 9.69. The van der Waals surface area contributed by atoms with Crippen LogP contribution < -0.4 is 10.2 Å². The van der Waals surface area contributed by atoms with Gasteiger partial charge in [-0.15, -0.1) is 0 Å². The number of carbonyl (C=O) groups excluding carboxylic acids is 3. The van der Waals surface area contributed by atoms with Crippen molar-refractivity contribution in [3.63, 3.8) is 0 Å². The van der Waals surface area contributed by atoms with Crippen LogP contribution in [0.25, 0.3) is 10.8 Å². The van der Waals surface area contributed by atoms with Gasteiger partial charge >= 0.3 is 0 Å². The summed E-state index contributed by atoms with van der Waals surface area (Å²) in [4.78, 5) is 44.2. The van der Waals surface area contributed by atoms with E-state index in [0.717, 1.165) is 55.5 Å². The van der Waals surface area contributed by atoms with Crippen molar-refractivity contribution < 1.29 is 14.4 Å². The number of hydrogen-bond donors (Lipinski definition) is 1. The fourth-order valence-electron chi connectivity index (χ4n) is 5.77. The van der Waals surface area contributed by atoms with Crippen LogP contribution in [0, 0.1) is 0 Å². The number of hydrogen-bond acceptors (Lipinski definition) is 5. The fourth-order valence-corrected chi connectivity index (χ4v) is 5.77. The molecule has 2 saturated heterocycles. The van der Waals surface area contributed by atoms with Crippen molar-refractivity contribution in [1.29, 1.82) is 0 Å². The molecule has 0 aromatic heterocycles. The minimum absolute atomic E-state index is 0.0844. The smallest absolute Gasteiger partial charge is 0.259 e. The Bertz CT molecular complexity index is 1410. The van der Waals surface area contributed by atoms with Crippen LogP contribution in [0.3, 0.4) is 0 Å². The molecule has 3 amide bonds. The van der Waals surface area contributed by atoms with Crippen molar-refractivity contribution in [3.8, 4) is 0 Å². The van der Waals surface area contributed by atoms with Gasteiger partial charge in [0.1, 0.15) is 7.85 Å². The lowest BCUT2D eigenvalue weighted by Crippen LogP contribution is -2.64. The maximum Gasteiger partial charge on any atom is 0.259 e. The Labute approximate surface area is 217 Å². The summed E-state index contributed by atoms with van der Waals surface area (Å²) in [5.41, 5.74) is 3.17. The van der Waals surface area contributed by atoms with E-state index in [-0.39, 0.29) is 24.7 Å². The molecule has 1 N–H and O–H groups in total. The van der Waals surface area contributed by atoms with E-state index in [1.54, 1.807) is 6.07 Å². The Balaban J connectivity index is 1.27. The topological polar surface area (TPSA) is 73.0 Å². The van der Waals surface area contributed by atoms with Crippen molar-refractivity contribution in [1.82, 2.24) is 15.1 Å². The first-order valence-corrected chi connectivity index (χ1v) is 12.8. The molecule has 186 valence electrons. The van der Waals surface area contributed by atoms with E-state index in [2.05, 4.69) is 46.4 Å². The second-order valence-electron chi connectivity index (χ2n) is 10.5. The van der Waals surface area contributed by atoms with Gasteiger partial charge < -0.3 is 9.80 Å². The zero-order valence-corrected chi connectivity index (χ0v) is 21.0. The van der Waals surface area contributed by atoms with Crippen molar-refractivity contribution >= 4 is 42.0 Å². The molecule has 7 nitrogen and oxygen atoms in total. The quantitative estimate of drug-likeness (QED) is 0.438. The van der Waals surface area contributed by atoms with E-state index in [1.807, 2.05) is 24.3 Å². The highest BCUT2D eigenvalue weighted by Crippen LogP contribution is 2.43. The van der Waals surface area contributed by atoms with Gasteiger partial charge in [-0.1, -0.05) is 42.5 Å². The molecule has 2 radical (unpaired) electrons. The largest absolute Gasteiger partial charge is 0.304 e. The second kappa shape index (κ2) is 9.12. The number of rotatable bonds is 5. The standard InChI is InChI=1S/C29H29BN4O3/c1-32-13-15-33(16-14-32)18-20-7-5-19(6-8-20)17-21-9-10-24-26-22(21)3-2-4-23(26)27(36)34(24)29(30)12-11-25(35)31-28(29)37/h2-10H,11-18H2,1H3,(H,31,35,37). The fraction of sp³-hybridized carbons (Fsp3) is 0.345. The molecular formula is C29H29BN4O3. The molecule has 1 atom stereocenters. The Morgan fingerprint density at radius 1 is 0.919 bits per heavy atom. The molecule has 3 aromatic rings. The van der Waals surface area contributed by atoms with E-state index in [4.69, 9.17) is 7.85 Å². The predicted octanol–water partition coefficient (Wildman–Crippen LogP) is 2.44. The van der Waals surface area contributed by atoms with Crippen LogP contribution in [0.1, 0.15) is 39.9 Å². The molecule has 0 spiro atoms. The summed E-state index contributed by atoms with van der Waals surface area (Å²) in [5.74, 6) is -1.32. The number of carbonyl (C=O) groups is 3. The number of benzene rings is 3. The summed E-state index contributed by atoms with van der Waals surface area (Å²) in [6, 6.07) is 18.4. The number of nitrogens with zero attached hydrogens (tertiary/aromatic N) is 3. The van der Waals surface area contributed by atoms with Crippen LogP contribution in [0.15, 0.2) is 54.6 Å². The average Bonchev–Trinajstić information content (AvgIpc) is 3.19. The third kappa shape index (κ3) is 4.14. The minimum Gasteiger partial charge on any atom is -0.304 e. The zero-order valence-electron chi connectivity index (χ0n) is 21.0. The van der Waals surface area contributed by atoms with E-state index >= 15 is 0 Å². The summed E-state index contributed by atoms with van der Waals surface area (Å²) in [5, 5.41) is 4.09. The Kier molecular flexibility index (Phi) is 5.89. The van der Waals surface area contributed by atoms with Gasteiger partial charge in [0, 0.05) is 50.1 Å². The first-order chi connectivity index (χ1) is 17.8. The summed E-state index contributed by atoms with van der Waals surface area (Å²) in [7, 11) is 8.67. The molecule has 1 unspecified atom stereocenters. The number of piperazine rings is 1. The number of imide groups is 1. The van der Waals surface area contributed by atoms with Gasteiger partial charge in [0.15, 0.2) is 0 Å². The van der Waals surface area contributed by atoms with Crippen LogP contribution >= 0.6 is 0 Å². The first kappa shape index (κ1) is 23.9. The van der Waals surface area contributed by atoms with Gasteiger partial charge in [-0.05, 0) is 54.1 Å². The summed E-state index contributed by atoms with van der Waals surface area (Å²) >= 11 is 0. The third-order valence-electron chi connectivity index (χ3n) is 7.98. The van der Waals surface area contributed by atoms with Gasteiger partial charge in [-0.3, -0.25) is 24.6 Å².